The number of amides is 1. The molecule has 0 atom stereocenters. The summed E-state index contributed by atoms with van der Waals surface area (Å²) >= 11 is 1.26. The van der Waals surface area contributed by atoms with Crippen LogP contribution in [0.4, 0.5) is 5.13 Å². The lowest BCUT2D eigenvalue weighted by Gasteiger charge is -2.17. The first-order valence-corrected chi connectivity index (χ1v) is 12.6. The van der Waals surface area contributed by atoms with E-state index in [1.165, 1.54) is 54.1 Å². The minimum atomic E-state index is -3.72. The van der Waals surface area contributed by atoms with Crippen LogP contribution in [0.15, 0.2) is 52.8 Å². The van der Waals surface area contributed by atoms with Crippen molar-refractivity contribution in [3.8, 4) is 0 Å². The van der Waals surface area contributed by atoms with E-state index in [1.807, 2.05) is 0 Å². The Morgan fingerprint density at radius 1 is 1.17 bits per heavy atom. The van der Waals surface area contributed by atoms with Gasteiger partial charge >= 0.3 is 0 Å². The first kappa shape index (κ1) is 26.4. The van der Waals surface area contributed by atoms with Gasteiger partial charge in [0, 0.05) is 45.8 Å². The topological polar surface area (TPSA) is 148 Å². The van der Waals surface area contributed by atoms with Gasteiger partial charge in [0.2, 0.25) is 10.0 Å². The van der Waals surface area contributed by atoms with E-state index in [0.29, 0.717) is 23.0 Å². The number of sulfonamides is 1. The third-order valence-electron chi connectivity index (χ3n) is 4.66. The van der Waals surface area contributed by atoms with Crippen LogP contribution in [-0.4, -0.2) is 73.9 Å². The van der Waals surface area contributed by atoms with Crippen molar-refractivity contribution in [3.05, 3.63) is 58.9 Å². The second kappa shape index (κ2) is 12.5. The zero-order chi connectivity index (χ0) is 25.3. The van der Waals surface area contributed by atoms with Crippen LogP contribution in [0.2, 0.25) is 0 Å². The molecule has 2 N–H and O–H groups in total. The summed E-state index contributed by atoms with van der Waals surface area (Å²) in [6.45, 7) is 0.899. The Morgan fingerprint density at radius 2 is 1.94 bits per heavy atom. The average molecular weight is 523 g/mol. The van der Waals surface area contributed by atoms with E-state index >= 15 is 0 Å². The normalized spacial score (nSPS) is 12.2. The number of carbonyl (C=O) groups is 1. The van der Waals surface area contributed by atoms with Gasteiger partial charge < -0.3 is 14.3 Å². The monoisotopic (exact) mass is 522 g/mol. The standard InChI is InChI=1S/C21H26N6O6S2/c1-27(10-11-31-2)35(29,30)18-6-4-15(5-7-18)19(26-33-13-16-8-9-23-25-16)20(28)24-21-22-12-17(34-21)14-32-3/h4-9,12H,10-11,13-14H2,1-3H3,(H,23,25)(H,22,24,28). The number of aromatic amines is 1. The van der Waals surface area contributed by atoms with Crippen LogP contribution in [0.3, 0.4) is 0 Å². The number of ether oxygens (including phenoxy) is 2. The van der Waals surface area contributed by atoms with Gasteiger partial charge in [-0.1, -0.05) is 28.6 Å². The van der Waals surface area contributed by atoms with E-state index in [1.54, 1.807) is 25.6 Å². The van der Waals surface area contributed by atoms with E-state index < -0.39 is 15.9 Å². The zero-order valence-electron chi connectivity index (χ0n) is 19.4. The summed E-state index contributed by atoms with van der Waals surface area (Å²) in [5, 5.41) is 13.6. The van der Waals surface area contributed by atoms with E-state index in [4.69, 9.17) is 14.3 Å². The molecule has 188 valence electrons. The number of anilines is 1. The quantitative estimate of drug-likeness (QED) is 0.255. The third kappa shape index (κ3) is 7.16. The summed E-state index contributed by atoms with van der Waals surface area (Å²) in [6, 6.07) is 7.51. The number of H-pyrrole nitrogens is 1. The van der Waals surface area contributed by atoms with Crippen LogP contribution in [-0.2, 0) is 42.3 Å². The van der Waals surface area contributed by atoms with Crippen LogP contribution in [0.25, 0.3) is 0 Å². The Kier molecular flexibility index (Phi) is 9.45. The van der Waals surface area contributed by atoms with E-state index in [-0.39, 0.29) is 30.4 Å². The second-order valence-corrected chi connectivity index (χ2v) is 10.3. The van der Waals surface area contributed by atoms with Crippen molar-refractivity contribution in [2.24, 2.45) is 5.16 Å². The van der Waals surface area contributed by atoms with E-state index in [0.717, 1.165) is 4.88 Å². The maximum absolute atomic E-state index is 13.0. The fraction of sp³-hybridized carbons (Fsp3) is 0.333. The number of hydrogen-bond donors (Lipinski definition) is 2. The fourth-order valence-electron chi connectivity index (χ4n) is 2.79. The number of oxime groups is 1. The van der Waals surface area contributed by atoms with Gasteiger partial charge in [-0.25, -0.2) is 13.4 Å². The number of likely N-dealkylation sites (N-methyl/N-ethyl adjacent to an activating group) is 1. The van der Waals surface area contributed by atoms with Crippen molar-refractivity contribution in [2.75, 3.05) is 39.7 Å². The number of hydrogen-bond acceptors (Lipinski definition) is 10. The largest absolute Gasteiger partial charge is 0.389 e. The molecule has 2 aromatic heterocycles. The minimum absolute atomic E-state index is 0.0512. The summed E-state index contributed by atoms with van der Waals surface area (Å²) in [6.07, 6.45) is 3.17. The second-order valence-electron chi connectivity index (χ2n) is 7.16. The van der Waals surface area contributed by atoms with Crippen molar-refractivity contribution in [1.29, 1.82) is 0 Å². The first-order valence-electron chi connectivity index (χ1n) is 10.3. The highest BCUT2D eigenvalue weighted by Gasteiger charge is 2.22. The van der Waals surface area contributed by atoms with Gasteiger partial charge in [-0.3, -0.25) is 15.2 Å². The molecule has 1 amide bonds. The number of rotatable bonds is 13. The van der Waals surface area contributed by atoms with Crippen LogP contribution >= 0.6 is 11.3 Å². The van der Waals surface area contributed by atoms with Crippen LogP contribution in [0.1, 0.15) is 16.1 Å². The maximum Gasteiger partial charge on any atom is 0.280 e. The molecular weight excluding hydrogens is 496 g/mol. The predicted octanol–water partition coefficient (Wildman–Crippen LogP) is 1.84. The number of methoxy groups -OCH3 is 2. The SMILES string of the molecule is COCCN(C)S(=O)(=O)c1ccc(C(=NOCc2ccn[nH]2)C(=O)Nc2ncc(COC)s2)cc1. The molecule has 0 saturated carbocycles. The van der Waals surface area contributed by atoms with Crippen molar-refractivity contribution < 1.29 is 27.5 Å². The lowest BCUT2D eigenvalue weighted by molar-refractivity contribution is -0.110. The van der Waals surface area contributed by atoms with Crippen LogP contribution < -0.4 is 5.32 Å². The molecule has 0 radical (unpaired) electrons. The highest BCUT2D eigenvalue weighted by atomic mass is 32.2. The predicted molar refractivity (Wildman–Crippen MR) is 130 cm³/mol. The van der Waals surface area contributed by atoms with Gasteiger partial charge in [0.05, 0.1) is 28.7 Å². The molecule has 0 unspecified atom stereocenters. The van der Waals surface area contributed by atoms with Crippen LogP contribution in [0, 0.1) is 0 Å². The molecule has 0 aliphatic rings. The molecule has 14 heteroatoms. The summed E-state index contributed by atoms with van der Waals surface area (Å²) in [4.78, 5) is 23.5. The molecule has 3 aromatic rings. The summed E-state index contributed by atoms with van der Waals surface area (Å²) in [5.41, 5.74) is 0.974. The number of nitrogens with one attached hydrogen (secondary N) is 2. The fourth-order valence-corrected chi connectivity index (χ4v) is 4.73. The smallest absolute Gasteiger partial charge is 0.280 e. The number of thiazole rings is 1. The Hall–Kier alpha value is -3.17. The third-order valence-corrected chi connectivity index (χ3v) is 7.41. The van der Waals surface area contributed by atoms with Gasteiger partial charge in [0.1, 0.15) is 0 Å². The highest BCUT2D eigenvalue weighted by molar-refractivity contribution is 7.89. The van der Waals surface area contributed by atoms with Gasteiger partial charge in [-0.05, 0) is 18.2 Å². The van der Waals surface area contributed by atoms with Gasteiger partial charge in [-0.15, -0.1) is 0 Å². The summed E-state index contributed by atoms with van der Waals surface area (Å²) in [7, 11) is 0.817. The number of benzene rings is 1. The Morgan fingerprint density at radius 3 is 2.60 bits per heavy atom. The van der Waals surface area contributed by atoms with Crippen molar-refractivity contribution in [1.82, 2.24) is 19.5 Å². The average Bonchev–Trinajstić information content (AvgIpc) is 3.53. The van der Waals surface area contributed by atoms with Crippen molar-refractivity contribution >= 4 is 38.1 Å². The molecular formula is C21H26N6O6S2. The molecule has 1 aromatic carbocycles. The highest BCUT2D eigenvalue weighted by Crippen LogP contribution is 2.20. The molecule has 2 heterocycles. The van der Waals surface area contributed by atoms with Gasteiger partial charge in [0.25, 0.3) is 5.91 Å². The molecule has 0 bridgehead atoms. The molecule has 0 saturated heterocycles. The molecule has 12 nitrogen and oxygen atoms in total. The Labute approximate surface area is 207 Å². The van der Waals surface area contributed by atoms with Gasteiger partial charge in [0.15, 0.2) is 17.5 Å². The Balaban J connectivity index is 1.82. The van der Waals surface area contributed by atoms with E-state index in [9.17, 15) is 13.2 Å². The van der Waals surface area contributed by atoms with Crippen molar-refractivity contribution in [3.63, 3.8) is 0 Å². The first-order chi connectivity index (χ1) is 16.8. The molecule has 0 fully saturated rings. The Bertz CT molecular complexity index is 1230. The van der Waals surface area contributed by atoms with Crippen LogP contribution in [0.5, 0.6) is 0 Å². The number of aromatic nitrogens is 3. The summed E-state index contributed by atoms with van der Waals surface area (Å²) < 4.78 is 36.7. The minimum Gasteiger partial charge on any atom is -0.389 e. The lowest BCUT2D eigenvalue weighted by Crippen LogP contribution is -2.30. The number of carbonyl (C=O) groups excluding carboxylic acids is 1. The number of nitrogens with zero attached hydrogens (tertiary/aromatic N) is 4. The zero-order valence-corrected chi connectivity index (χ0v) is 21.1. The van der Waals surface area contributed by atoms with Gasteiger partial charge in [-0.2, -0.15) is 9.40 Å². The maximum atomic E-state index is 13.0. The molecule has 3 rings (SSSR count). The van der Waals surface area contributed by atoms with E-state index in [2.05, 4.69) is 25.7 Å². The molecule has 35 heavy (non-hydrogen) atoms. The summed E-state index contributed by atoms with van der Waals surface area (Å²) in [5.74, 6) is -0.569. The molecule has 0 aliphatic carbocycles. The molecule has 0 aliphatic heterocycles. The lowest BCUT2D eigenvalue weighted by atomic mass is 10.1. The van der Waals surface area contributed by atoms with Crippen molar-refractivity contribution in [2.45, 2.75) is 18.1 Å². The molecule has 0 spiro atoms.